The first-order valence-electron chi connectivity index (χ1n) is 5.02. The van der Waals surface area contributed by atoms with Crippen LogP contribution in [0.5, 0.6) is 0 Å². The molecule has 0 aromatic heterocycles. The molecular formula is C13H17N. The van der Waals surface area contributed by atoms with Crippen molar-refractivity contribution in [1.82, 2.24) is 0 Å². The lowest BCUT2D eigenvalue weighted by atomic mass is 9.80. The van der Waals surface area contributed by atoms with Crippen LogP contribution in [0.3, 0.4) is 0 Å². The molecule has 0 aliphatic carbocycles. The van der Waals surface area contributed by atoms with Gasteiger partial charge in [-0.05, 0) is 43.9 Å². The van der Waals surface area contributed by atoms with Gasteiger partial charge in [-0.3, -0.25) is 0 Å². The Labute approximate surface area is 86.4 Å². The summed E-state index contributed by atoms with van der Waals surface area (Å²) in [5, 5.41) is 9.15. The van der Waals surface area contributed by atoms with E-state index in [0.717, 1.165) is 12.0 Å². The molecule has 1 aromatic rings. The van der Waals surface area contributed by atoms with Crippen molar-refractivity contribution >= 4 is 0 Å². The van der Waals surface area contributed by atoms with E-state index >= 15 is 0 Å². The largest absolute Gasteiger partial charge is 0.197 e. The van der Waals surface area contributed by atoms with Crippen molar-refractivity contribution in [3.05, 3.63) is 34.9 Å². The minimum Gasteiger partial charge on any atom is -0.197 e. The maximum absolute atomic E-state index is 9.15. The van der Waals surface area contributed by atoms with E-state index in [2.05, 4.69) is 45.0 Å². The molecule has 0 N–H and O–H groups in total. The third kappa shape index (κ3) is 1.80. The smallest absolute Gasteiger partial charge is 0.0791 e. The van der Waals surface area contributed by atoms with Crippen LogP contribution in [0.25, 0.3) is 0 Å². The summed E-state index contributed by atoms with van der Waals surface area (Å²) < 4.78 is 0. The molecule has 0 bridgehead atoms. The predicted octanol–water partition coefficient (Wildman–Crippen LogP) is 3.49. The minimum absolute atomic E-state index is 0.335. The Morgan fingerprint density at radius 2 is 1.93 bits per heavy atom. The molecular weight excluding hydrogens is 170 g/mol. The minimum atomic E-state index is -0.335. The summed E-state index contributed by atoms with van der Waals surface area (Å²) >= 11 is 0. The zero-order chi connectivity index (χ0) is 10.8. The third-order valence-electron chi connectivity index (χ3n) is 3.10. The van der Waals surface area contributed by atoms with Gasteiger partial charge >= 0.3 is 0 Å². The number of benzene rings is 1. The number of aryl methyl sites for hydroxylation is 2. The number of hydrogen-bond acceptors (Lipinski definition) is 1. The molecule has 1 rings (SSSR count). The van der Waals surface area contributed by atoms with Crippen LogP contribution in [-0.4, -0.2) is 0 Å². The Balaban J connectivity index is 3.21. The van der Waals surface area contributed by atoms with Gasteiger partial charge < -0.3 is 0 Å². The van der Waals surface area contributed by atoms with Gasteiger partial charge in [0, 0.05) is 0 Å². The SMILES string of the molecule is CCC(C)(C#N)c1ccc(C)c(C)c1. The number of nitrogens with zero attached hydrogens (tertiary/aromatic N) is 1. The van der Waals surface area contributed by atoms with E-state index in [1.807, 2.05) is 6.92 Å². The lowest BCUT2D eigenvalue weighted by Crippen LogP contribution is -2.18. The molecule has 1 atom stereocenters. The topological polar surface area (TPSA) is 23.8 Å². The first-order chi connectivity index (χ1) is 6.53. The molecule has 0 fully saturated rings. The molecule has 0 aliphatic heterocycles. The molecule has 0 saturated carbocycles. The summed E-state index contributed by atoms with van der Waals surface area (Å²) in [5.74, 6) is 0. The highest BCUT2D eigenvalue weighted by Gasteiger charge is 2.23. The Morgan fingerprint density at radius 3 is 2.36 bits per heavy atom. The van der Waals surface area contributed by atoms with Crippen molar-refractivity contribution < 1.29 is 0 Å². The number of rotatable bonds is 2. The third-order valence-corrected chi connectivity index (χ3v) is 3.10. The molecule has 0 radical (unpaired) electrons. The highest BCUT2D eigenvalue weighted by atomic mass is 14.3. The van der Waals surface area contributed by atoms with Crippen LogP contribution in [0.2, 0.25) is 0 Å². The van der Waals surface area contributed by atoms with Crippen molar-refractivity contribution in [1.29, 1.82) is 5.26 Å². The first-order valence-corrected chi connectivity index (χ1v) is 5.02. The summed E-state index contributed by atoms with van der Waals surface area (Å²) in [6.45, 7) is 8.23. The predicted molar refractivity (Wildman–Crippen MR) is 59.2 cm³/mol. The van der Waals surface area contributed by atoms with Gasteiger partial charge in [-0.25, -0.2) is 0 Å². The van der Waals surface area contributed by atoms with E-state index < -0.39 is 0 Å². The number of hydrogen-bond donors (Lipinski definition) is 0. The van der Waals surface area contributed by atoms with E-state index in [4.69, 9.17) is 5.26 Å². The number of nitriles is 1. The van der Waals surface area contributed by atoms with Gasteiger partial charge in [0.1, 0.15) is 0 Å². The standard InChI is InChI=1S/C13H17N/c1-5-13(4,9-14)12-7-6-10(2)11(3)8-12/h6-8H,5H2,1-4H3. The van der Waals surface area contributed by atoms with Crippen LogP contribution in [0, 0.1) is 25.2 Å². The second-order valence-electron chi connectivity index (χ2n) is 4.10. The van der Waals surface area contributed by atoms with E-state index in [0.29, 0.717) is 0 Å². The summed E-state index contributed by atoms with van der Waals surface area (Å²) in [5.41, 5.74) is 3.34. The monoisotopic (exact) mass is 187 g/mol. The van der Waals surface area contributed by atoms with E-state index in [-0.39, 0.29) is 5.41 Å². The first kappa shape index (κ1) is 10.8. The molecule has 1 aromatic carbocycles. The van der Waals surface area contributed by atoms with Gasteiger partial charge in [0.25, 0.3) is 0 Å². The Kier molecular flexibility index (Phi) is 2.96. The average Bonchev–Trinajstić information content (AvgIpc) is 2.21. The molecule has 0 aliphatic rings. The second kappa shape index (κ2) is 3.84. The van der Waals surface area contributed by atoms with Crippen LogP contribution >= 0.6 is 0 Å². The zero-order valence-corrected chi connectivity index (χ0v) is 9.39. The molecule has 74 valence electrons. The van der Waals surface area contributed by atoms with Gasteiger partial charge in [0.2, 0.25) is 0 Å². The maximum Gasteiger partial charge on any atom is 0.0791 e. The Bertz CT molecular complexity index is 373. The van der Waals surface area contributed by atoms with E-state index in [1.54, 1.807) is 0 Å². The fourth-order valence-electron chi connectivity index (χ4n) is 1.43. The lowest BCUT2D eigenvalue weighted by molar-refractivity contribution is 0.586. The molecule has 0 amide bonds. The summed E-state index contributed by atoms with van der Waals surface area (Å²) in [6.07, 6.45) is 0.853. The molecule has 0 saturated heterocycles. The van der Waals surface area contributed by atoms with E-state index in [9.17, 15) is 0 Å². The fourth-order valence-corrected chi connectivity index (χ4v) is 1.43. The molecule has 0 heterocycles. The van der Waals surface area contributed by atoms with Gasteiger partial charge in [0.05, 0.1) is 11.5 Å². The molecule has 1 unspecified atom stereocenters. The zero-order valence-electron chi connectivity index (χ0n) is 9.39. The van der Waals surface area contributed by atoms with Crippen LogP contribution in [0.1, 0.15) is 37.0 Å². The van der Waals surface area contributed by atoms with Crippen LogP contribution in [0.4, 0.5) is 0 Å². The summed E-state index contributed by atoms with van der Waals surface area (Å²) in [4.78, 5) is 0. The second-order valence-corrected chi connectivity index (χ2v) is 4.10. The van der Waals surface area contributed by atoms with Crippen LogP contribution in [-0.2, 0) is 5.41 Å². The van der Waals surface area contributed by atoms with Crippen LogP contribution < -0.4 is 0 Å². The average molecular weight is 187 g/mol. The molecule has 14 heavy (non-hydrogen) atoms. The van der Waals surface area contributed by atoms with Crippen molar-refractivity contribution in [3.63, 3.8) is 0 Å². The van der Waals surface area contributed by atoms with Gasteiger partial charge in [-0.15, -0.1) is 0 Å². The molecule has 1 heteroatoms. The van der Waals surface area contributed by atoms with Crippen molar-refractivity contribution in [2.24, 2.45) is 0 Å². The quantitative estimate of drug-likeness (QED) is 0.695. The van der Waals surface area contributed by atoms with Crippen LogP contribution in [0.15, 0.2) is 18.2 Å². The lowest BCUT2D eigenvalue weighted by Gasteiger charge is -2.20. The van der Waals surface area contributed by atoms with E-state index in [1.165, 1.54) is 11.1 Å². The van der Waals surface area contributed by atoms with Gasteiger partial charge in [-0.2, -0.15) is 5.26 Å². The highest BCUT2D eigenvalue weighted by molar-refractivity contribution is 5.37. The van der Waals surface area contributed by atoms with Gasteiger partial charge in [-0.1, -0.05) is 25.1 Å². The Morgan fingerprint density at radius 1 is 1.29 bits per heavy atom. The fraction of sp³-hybridized carbons (Fsp3) is 0.462. The molecule has 1 nitrogen and oxygen atoms in total. The van der Waals surface area contributed by atoms with Crippen molar-refractivity contribution in [2.45, 2.75) is 39.5 Å². The van der Waals surface area contributed by atoms with Crippen molar-refractivity contribution in [2.75, 3.05) is 0 Å². The summed E-state index contributed by atoms with van der Waals surface area (Å²) in [6, 6.07) is 8.68. The normalized spacial score (nSPS) is 14.5. The summed E-state index contributed by atoms with van der Waals surface area (Å²) in [7, 11) is 0. The maximum atomic E-state index is 9.15. The molecule has 0 spiro atoms. The van der Waals surface area contributed by atoms with Gasteiger partial charge in [0.15, 0.2) is 0 Å². The highest BCUT2D eigenvalue weighted by Crippen LogP contribution is 2.27. The van der Waals surface area contributed by atoms with Crippen molar-refractivity contribution in [3.8, 4) is 6.07 Å². The Hall–Kier alpha value is -1.29.